The van der Waals surface area contributed by atoms with Crippen LogP contribution in [-0.2, 0) is 0 Å². The number of nitrogens with two attached hydrogens (primary N) is 1. The lowest BCUT2D eigenvalue weighted by Gasteiger charge is -2.08. The van der Waals surface area contributed by atoms with Crippen LogP contribution in [0.1, 0.15) is 28.4 Å². The molecule has 0 heterocycles. The van der Waals surface area contributed by atoms with Gasteiger partial charge in [-0.1, -0.05) is 29.5 Å². The van der Waals surface area contributed by atoms with E-state index in [2.05, 4.69) is 32.0 Å². The monoisotopic (exact) mass is 271 g/mol. The van der Waals surface area contributed by atoms with Crippen molar-refractivity contribution in [3.8, 4) is 0 Å². The number of nitrogen functional groups attached to an aromatic ring is 1. The maximum Gasteiger partial charge on any atom is 0.161 e. The highest BCUT2D eigenvalue weighted by atomic mass is 32.2. The molecule has 2 aromatic carbocycles. The zero-order chi connectivity index (χ0) is 14.0. The molecule has 2 rings (SSSR count). The van der Waals surface area contributed by atoms with Crippen molar-refractivity contribution in [2.24, 2.45) is 0 Å². The SMILES string of the molecule is CC(=O)c1ccc(Sc2ccc(C)cc2C)cc1N. The molecule has 2 N–H and O–H groups in total. The quantitative estimate of drug-likeness (QED) is 0.670. The van der Waals surface area contributed by atoms with Crippen molar-refractivity contribution in [3.63, 3.8) is 0 Å². The van der Waals surface area contributed by atoms with Crippen molar-refractivity contribution < 1.29 is 4.79 Å². The van der Waals surface area contributed by atoms with E-state index in [9.17, 15) is 4.79 Å². The van der Waals surface area contributed by atoms with Gasteiger partial charge in [-0.3, -0.25) is 4.79 Å². The Labute approximate surface area is 118 Å². The molecule has 0 aromatic heterocycles. The Kier molecular flexibility index (Phi) is 3.96. The molecule has 3 heteroatoms. The molecule has 2 nitrogen and oxygen atoms in total. The van der Waals surface area contributed by atoms with E-state index in [0.717, 1.165) is 4.90 Å². The van der Waals surface area contributed by atoms with Gasteiger partial charge in [-0.2, -0.15) is 0 Å². The van der Waals surface area contributed by atoms with Crippen LogP contribution in [0.15, 0.2) is 46.2 Å². The number of hydrogen-bond acceptors (Lipinski definition) is 3. The molecular formula is C16H17NOS. The van der Waals surface area contributed by atoms with Gasteiger partial charge in [-0.05, 0) is 50.6 Å². The fourth-order valence-electron chi connectivity index (χ4n) is 1.97. The number of Topliss-reactive ketones (excluding diaryl/α,β-unsaturated/α-hetero) is 1. The van der Waals surface area contributed by atoms with E-state index in [4.69, 9.17) is 5.73 Å². The number of hydrogen-bond donors (Lipinski definition) is 1. The lowest BCUT2D eigenvalue weighted by Crippen LogP contribution is -1.99. The van der Waals surface area contributed by atoms with E-state index in [-0.39, 0.29) is 5.78 Å². The number of carbonyl (C=O) groups excluding carboxylic acids is 1. The van der Waals surface area contributed by atoms with Crippen LogP contribution in [0.25, 0.3) is 0 Å². The summed E-state index contributed by atoms with van der Waals surface area (Å²) in [6.07, 6.45) is 0. The topological polar surface area (TPSA) is 43.1 Å². The van der Waals surface area contributed by atoms with Crippen LogP contribution >= 0.6 is 11.8 Å². The Hall–Kier alpha value is -1.74. The molecule has 0 aliphatic heterocycles. The first kappa shape index (κ1) is 13.7. The van der Waals surface area contributed by atoms with Gasteiger partial charge < -0.3 is 5.73 Å². The zero-order valence-corrected chi connectivity index (χ0v) is 12.2. The van der Waals surface area contributed by atoms with E-state index in [1.807, 2.05) is 12.1 Å². The number of ketones is 1. The second-order valence-corrected chi connectivity index (χ2v) is 5.79. The van der Waals surface area contributed by atoms with Crippen LogP contribution < -0.4 is 5.73 Å². The molecule has 0 amide bonds. The average Bonchev–Trinajstić information content (AvgIpc) is 2.32. The van der Waals surface area contributed by atoms with E-state index in [1.54, 1.807) is 17.8 Å². The Balaban J connectivity index is 2.29. The standard InChI is InChI=1S/C16H17NOS/c1-10-4-7-16(11(2)8-10)19-13-5-6-14(12(3)18)15(17)9-13/h4-9H,17H2,1-3H3. The average molecular weight is 271 g/mol. The second-order valence-electron chi connectivity index (χ2n) is 4.68. The predicted molar refractivity (Wildman–Crippen MR) is 80.9 cm³/mol. The number of aryl methyl sites for hydroxylation is 2. The Morgan fingerprint density at radius 1 is 1.11 bits per heavy atom. The Morgan fingerprint density at radius 3 is 2.42 bits per heavy atom. The van der Waals surface area contributed by atoms with Crippen molar-refractivity contribution in [2.75, 3.05) is 5.73 Å². The smallest absolute Gasteiger partial charge is 0.161 e. The summed E-state index contributed by atoms with van der Waals surface area (Å²) < 4.78 is 0. The fourth-order valence-corrected chi connectivity index (χ4v) is 2.90. The van der Waals surface area contributed by atoms with E-state index >= 15 is 0 Å². The van der Waals surface area contributed by atoms with E-state index < -0.39 is 0 Å². The largest absolute Gasteiger partial charge is 0.398 e. The minimum absolute atomic E-state index is 0.000525. The summed E-state index contributed by atoms with van der Waals surface area (Å²) in [5, 5.41) is 0. The lowest BCUT2D eigenvalue weighted by molar-refractivity contribution is 0.101. The minimum Gasteiger partial charge on any atom is -0.398 e. The molecule has 0 atom stereocenters. The Morgan fingerprint density at radius 2 is 1.84 bits per heavy atom. The number of rotatable bonds is 3. The highest BCUT2D eigenvalue weighted by Gasteiger charge is 2.07. The third-order valence-electron chi connectivity index (χ3n) is 2.96. The van der Waals surface area contributed by atoms with Crippen LogP contribution in [0.5, 0.6) is 0 Å². The van der Waals surface area contributed by atoms with Crippen LogP contribution in [0.2, 0.25) is 0 Å². The second kappa shape index (κ2) is 5.49. The number of carbonyl (C=O) groups is 1. The third kappa shape index (κ3) is 3.18. The highest BCUT2D eigenvalue weighted by Crippen LogP contribution is 2.32. The first-order chi connectivity index (χ1) is 8.97. The van der Waals surface area contributed by atoms with Gasteiger partial charge in [0.1, 0.15) is 0 Å². The maximum absolute atomic E-state index is 11.3. The molecule has 98 valence electrons. The van der Waals surface area contributed by atoms with Gasteiger partial charge in [0, 0.05) is 21.0 Å². The van der Waals surface area contributed by atoms with Crippen molar-refractivity contribution in [1.29, 1.82) is 0 Å². The molecule has 19 heavy (non-hydrogen) atoms. The van der Waals surface area contributed by atoms with Crippen LogP contribution in [0.3, 0.4) is 0 Å². The van der Waals surface area contributed by atoms with Gasteiger partial charge in [0.05, 0.1) is 0 Å². The van der Waals surface area contributed by atoms with Gasteiger partial charge in [-0.15, -0.1) is 0 Å². The predicted octanol–water partition coefficient (Wildman–Crippen LogP) is 4.24. The van der Waals surface area contributed by atoms with Gasteiger partial charge in [0.2, 0.25) is 0 Å². The lowest BCUT2D eigenvalue weighted by atomic mass is 10.1. The molecule has 0 aliphatic rings. The van der Waals surface area contributed by atoms with Crippen LogP contribution in [-0.4, -0.2) is 5.78 Å². The zero-order valence-electron chi connectivity index (χ0n) is 11.4. The summed E-state index contributed by atoms with van der Waals surface area (Å²) in [7, 11) is 0. The van der Waals surface area contributed by atoms with Gasteiger partial charge in [-0.25, -0.2) is 0 Å². The number of anilines is 1. The van der Waals surface area contributed by atoms with Crippen molar-refractivity contribution in [3.05, 3.63) is 53.1 Å². The third-order valence-corrected chi connectivity index (χ3v) is 4.13. The van der Waals surface area contributed by atoms with Gasteiger partial charge in [0.25, 0.3) is 0 Å². The van der Waals surface area contributed by atoms with Crippen LogP contribution in [0.4, 0.5) is 5.69 Å². The molecule has 0 fully saturated rings. The summed E-state index contributed by atoms with van der Waals surface area (Å²) in [6.45, 7) is 5.71. The maximum atomic E-state index is 11.3. The molecule has 0 radical (unpaired) electrons. The molecule has 0 saturated carbocycles. The summed E-state index contributed by atoms with van der Waals surface area (Å²) in [6, 6.07) is 12.0. The van der Waals surface area contributed by atoms with Gasteiger partial charge in [0.15, 0.2) is 5.78 Å². The first-order valence-corrected chi connectivity index (χ1v) is 6.94. The molecule has 0 bridgehead atoms. The Bertz CT molecular complexity index is 635. The molecular weight excluding hydrogens is 254 g/mol. The molecule has 0 aliphatic carbocycles. The summed E-state index contributed by atoms with van der Waals surface area (Å²) in [5.41, 5.74) is 9.54. The first-order valence-electron chi connectivity index (χ1n) is 6.13. The number of benzene rings is 2. The van der Waals surface area contributed by atoms with Crippen molar-refractivity contribution in [2.45, 2.75) is 30.6 Å². The van der Waals surface area contributed by atoms with Gasteiger partial charge >= 0.3 is 0 Å². The van der Waals surface area contributed by atoms with Crippen LogP contribution in [0, 0.1) is 13.8 Å². The van der Waals surface area contributed by atoms with Crippen molar-refractivity contribution in [1.82, 2.24) is 0 Å². The van der Waals surface area contributed by atoms with E-state index in [1.165, 1.54) is 22.9 Å². The summed E-state index contributed by atoms with van der Waals surface area (Å²) >= 11 is 1.67. The normalized spacial score (nSPS) is 10.5. The highest BCUT2D eigenvalue weighted by molar-refractivity contribution is 7.99. The molecule has 0 unspecified atom stereocenters. The summed E-state index contributed by atoms with van der Waals surface area (Å²) in [4.78, 5) is 13.6. The summed E-state index contributed by atoms with van der Waals surface area (Å²) in [5.74, 6) is 0.000525. The van der Waals surface area contributed by atoms with E-state index in [0.29, 0.717) is 11.3 Å². The molecule has 2 aromatic rings. The molecule has 0 saturated heterocycles. The fraction of sp³-hybridized carbons (Fsp3) is 0.188. The minimum atomic E-state index is 0.000525. The van der Waals surface area contributed by atoms with Crippen molar-refractivity contribution >= 4 is 23.2 Å². The molecule has 0 spiro atoms.